The van der Waals surface area contributed by atoms with E-state index in [2.05, 4.69) is 0 Å². The standard InChI is InChI=1S/C17H29NO3/c1-17(2,3)21-16(20)14-9-6-12-18(14)15(19)11-10-13-7-4-5-8-13/h13-14H,4-12H2,1-3H3/t14-/m0/s1. The van der Waals surface area contributed by atoms with Crippen molar-refractivity contribution < 1.29 is 14.3 Å². The molecule has 1 saturated heterocycles. The molecule has 0 unspecified atom stereocenters. The first-order valence-electron chi connectivity index (χ1n) is 8.39. The summed E-state index contributed by atoms with van der Waals surface area (Å²) in [6.45, 7) is 6.30. The summed E-state index contributed by atoms with van der Waals surface area (Å²) in [6.07, 6.45) is 8.36. The number of nitrogens with zero attached hydrogens (tertiary/aromatic N) is 1. The van der Waals surface area contributed by atoms with E-state index in [0.29, 0.717) is 13.0 Å². The van der Waals surface area contributed by atoms with Crippen LogP contribution in [0.3, 0.4) is 0 Å². The lowest BCUT2D eigenvalue weighted by Gasteiger charge is -2.27. The topological polar surface area (TPSA) is 46.6 Å². The summed E-state index contributed by atoms with van der Waals surface area (Å²) in [7, 11) is 0. The highest BCUT2D eigenvalue weighted by atomic mass is 16.6. The Morgan fingerprint density at radius 2 is 1.76 bits per heavy atom. The fourth-order valence-corrected chi connectivity index (χ4v) is 3.45. The van der Waals surface area contributed by atoms with E-state index in [1.165, 1.54) is 25.7 Å². The van der Waals surface area contributed by atoms with Gasteiger partial charge in [0.2, 0.25) is 5.91 Å². The van der Waals surface area contributed by atoms with Gasteiger partial charge in [-0.1, -0.05) is 25.7 Å². The predicted molar refractivity (Wildman–Crippen MR) is 81.8 cm³/mol. The quantitative estimate of drug-likeness (QED) is 0.748. The Bertz CT molecular complexity index is 380. The van der Waals surface area contributed by atoms with E-state index in [-0.39, 0.29) is 17.9 Å². The molecule has 2 fully saturated rings. The Hall–Kier alpha value is -1.06. The third-order valence-corrected chi connectivity index (χ3v) is 4.49. The summed E-state index contributed by atoms with van der Waals surface area (Å²) in [5.74, 6) is 0.612. The van der Waals surface area contributed by atoms with Gasteiger partial charge in [0.05, 0.1) is 0 Å². The third-order valence-electron chi connectivity index (χ3n) is 4.49. The Labute approximate surface area is 128 Å². The van der Waals surface area contributed by atoms with Crippen LogP contribution in [-0.2, 0) is 14.3 Å². The maximum atomic E-state index is 12.4. The zero-order chi connectivity index (χ0) is 15.5. The van der Waals surface area contributed by atoms with Crippen LogP contribution in [0.2, 0.25) is 0 Å². The van der Waals surface area contributed by atoms with Crippen molar-refractivity contribution in [1.82, 2.24) is 4.90 Å². The number of likely N-dealkylation sites (tertiary alicyclic amines) is 1. The fraction of sp³-hybridized carbons (Fsp3) is 0.882. The van der Waals surface area contributed by atoms with Crippen molar-refractivity contribution in [3.05, 3.63) is 0 Å². The van der Waals surface area contributed by atoms with Crippen LogP contribution in [0, 0.1) is 5.92 Å². The number of esters is 1. The molecule has 1 atom stereocenters. The molecule has 0 N–H and O–H groups in total. The van der Waals surface area contributed by atoms with E-state index in [0.717, 1.165) is 25.2 Å². The van der Waals surface area contributed by atoms with Crippen LogP contribution in [0.15, 0.2) is 0 Å². The molecule has 0 radical (unpaired) electrons. The minimum Gasteiger partial charge on any atom is -0.458 e. The normalized spacial score (nSPS) is 23.6. The smallest absolute Gasteiger partial charge is 0.329 e. The van der Waals surface area contributed by atoms with Gasteiger partial charge in [0, 0.05) is 13.0 Å². The van der Waals surface area contributed by atoms with E-state index in [1.807, 2.05) is 20.8 Å². The number of carbonyl (C=O) groups is 2. The van der Waals surface area contributed by atoms with Gasteiger partial charge < -0.3 is 9.64 Å². The molecule has 21 heavy (non-hydrogen) atoms. The second-order valence-electron chi connectivity index (χ2n) is 7.47. The van der Waals surface area contributed by atoms with Crippen LogP contribution in [0.4, 0.5) is 0 Å². The molecule has 0 aromatic rings. The van der Waals surface area contributed by atoms with Gasteiger partial charge in [-0.05, 0) is 46.0 Å². The number of carbonyl (C=O) groups excluding carboxylic acids is 2. The second kappa shape index (κ2) is 6.80. The molecule has 1 aliphatic heterocycles. The summed E-state index contributed by atoms with van der Waals surface area (Å²) in [6, 6.07) is -0.361. The van der Waals surface area contributed by atoms with Crippen molar-refractivity contribution in [3.8, 4) is 0 Å². The van der Waals surface area contributed by atoms with Crippen LogP contribution in [0.5, 0.6) is 0 Å². The molecule has 0 spiro atoms. The van der Waals surface area contributed by atoms with Crippen LogP contribution >= 0.6 is 0 Å². The number of hydrogen-bond donors (Lipinski definition) is 0. The molecule has 1 aliphatic carbocycles. The van der Waals surface area contributed by atoms with E-state index < -0.39 is 5.60 Å². The molecule has 0 aromatic heterocycles. The first kappa shape index (κ1) is 16.3. The van der Waals surface area contributed by atoms with Gasteiger partial charge in [-0.25, -0.2) is 4.79 Å². The van der Waals surface area contributed by atoms with Gasteiger partial charge in [-0.3, -0.25) is 4.79 Å². The van der Waals surface area contributed by atoms with Gasteiger partial charge in [0.25, 0.3) is 0 Å². The molecule has 2 rings (SSSR count). The minimum atomic E-state index is -0.488. The lowest BCUT2D eigenvalue weighted by atomic mass is 10.0. The predicted octanol–water partition coefficient (Wildman–Crippen LogP) is 3.29. The largest absolute Gasteiger partial charge is 0.458 e. The Morgan fingerprint density at radius 1 is 1.10 bits per heavy atom. The number of rotatable bonds is 4. The van der Waals surface area contributed by atoms with E-state index in [9.17, 15) is 9.59 Å². The average Bonchev–Trinajstić information content (AvgIpc) is 3.05. The van der Waals surface area contributed by atoms with Crippen LogP contribution in [0.1, 0.15) is 72.1 Å². The molecular weight excluding hydrogens is 266 g/mol. The molecule has 1 heterocycles. The van der Waals surface area contributed by atoms with Crippen molar-refractivity contribution in [2.75, 3.05) is 6.54 Å². The van der Waals surface area contributed by atoms with E-state index >= 15 is 0 Å². The summed E-state index contributed by atoms with van der Waals surface area (Å²) in [4.78, 5) is 26.4. The van der Waals surface area contributed by atoms with Gasteiger partial charge >= 0.3 is 5.97 Å². The van der Waals surface area contributed by atoms with E-state index in [1.54, 1.807) is 4.90 Å². The van der Waals surface area contributed by atoms with Crippen LogP contribution in [-0.4, -0.2) is 35.0 Å². The molecular formula is C17H29NO3. The van der Waals surface area contributed by atoms with Crippen LogP contribution < -0.4 is 0 Å². The summed E-state index contributed by atoms with van der Waals surface area (Å²) in [5.41, 5.74) is -0.488. The van der Waals surface area contributed by atoms with Crippen molar-refractivity contribution in [1.29, 1.82) is 0 Å². The zero-order valence-corrected chi connectivity index (χ0v) is 13.7. The van der Waals surface area contributed by atoms with Crippen molar-refractivity contribution in [2.24, 2.45) is 5.92 Å². The maximum Gasteiger partial charge on any atom is 0.329 e. The molecule has 120 valence electrons. The fourth-order valence-electron chi connectivity index (χ4n) is 3.45. The summed E-state index contributed by atoms with van der Waals surface area (Å²) in [5, 5.41) is 0. The number of ether oxygens (including phenoxy) is 1. The van der Waals surface area contributed by atoms with Gasteiger partial charge in [-0.2, -0.15) is 0 Å². The van der Waals surface area contributed by atoms with Crippen LogP contribution in [0.25, 0.3) is 0 Å². The monoisotopic (exact) mass is 295 g/mol. The van der Waals surface area contributed by atoms with Gasteiger partial charge in [0.15, 0.2) is 0 Å². The molecule has 0 aromatic carbocycles. The molecule has 4 heteroatoms. The van der Waals surface area contributed by atoms with Crippen molar-refractivity contribution in [3.63, 3.8) is 0 Å². The average molecular weight is 295 g/mol. The minimum absolute atomic E-state index is 0.134. The molecule has 0 bridgehead atoms. The van der Waals surface area contributed by atoms with Gasteiger partial charge in [0.1, 0.15) is 11.6 Å². The molecule has 1 saturated carbocycles. The first-order chi connectivity index (χ1) is 9.87. The number of amides is 1. The second-order valence-corrected chi connectivity index (χ2v) is 7.47. The summed E-state index contributed by atoms with van der Waals surface area (Å²) < 4.78 is 5.45. The highest BCUT2D eigenvalue weighted by molar-refractivity contribution is 5.85. The molecule has 4 nitrogen and oxygen atoms in total. The summed E-state index contributed by atoms with van der Waals surface area (Å²) >= 11 is 0. The molecule has 1 amide bonds. The molecule has 2 aliphatic rings. The van der Waals surface area contributed by atoms with Crippen molar-refractivity contribution in [2.45, 2.75) is 83.8 Å². The van der Waals surface area contributed by atoms with Crippen molar-refractivity contribution >= 4 is 11.9 Å². The van der Waals surface area contributed by atoms with Gasteiger partial charge in [-0.15, -0.1) is 0 Å². The Balaban J connectivity index is 1.85. The third kappa shape index (κ3) is 4.72. The first-order valence-corrected chi connectivity index (χ1v) is 8.39. The lowest BCUT2D eigenvalue weighted by Crippen LogP contribution is -2.43. The highest BCUT2D eigenvalue weighted by Gasteiger charge is 2.36. The lowest BCUT2D eigenvalue weighted by molar-refractivity contribution is -0.163. The number of hydrogen-bond acceptors (Lipinski definition) is 3. The maximum absolute atomic E-state index is 12.4. The van der Waals surface area contributed by atoms with E-state index in [4.69, 9.17) is 4.74 Å². The Kier molecular flexibility index (Phi) is 5.28. The highest BCUT2D eigenvalue weighted by Crippen LogP contribution is 2.29. The SMILES string of the molecule is CC(C)(C)OC(=O)[C@@H]1CCCN1C(=O)CCC1CCCC1. The Morgan fingerprint density at radius 3 is 2.38 bits per heavy atom. The zero-order valence-electron chi connectivity index (χ0n) is 13.7.